The molecule has 48 heavy (non-hydrogen) atoms. The van der Waals surface area contributed by atoms with E-state index < -0.39 is 5.79 Å². The molecule has 1 unspecified atom stereocenters. The Morgan fingerprint density at radius 3 is 1.21 bits per heavy atom. The molecule has 0 saturated carbocycles. The first-order chi connectivity index (χ1) is 23.5. The van der Waals surface area contributed by atoms with Gasteiger partial charge in [0.15, 0.2) is 5.79 Å². The molecule has 0 heterocycles. The van der Waals surface area contributed by atoms with E-state index in [0.717, 1.165) is 52.0 Å². The molecular formula is C44H83NO3. The van der Waals surface area contributed by atoms with Crippen LogP contribution in [-0.2, 0) is 14.2 Å². The number of ether oxygens (including phenoxy) is 3. The van der Waals surface area contributed by atoms with Crippen molar-refractivity contribution in [1.29, 1.82) is 0 Å². The van der Waals surface area contributed by atoms with E-state index in [9.17, 15) is 0 Å². The number of unbranched alkanes of at least 4 members (excludes halogenated alkanes) is 18. The van der Waals surface area contributed by atoms with Crippen molar-refractivity contribution in [2.45, 2.75) is 187 Å². The number of nitrogens with zero attached hydrogens (tertiary/aromatic N) is 1. The molecule has 0 amide bonds. The highest BCUT2D eigenvalue weighted by Crippen LogP contribution is 2.17. The van der Waals surface area contributed by atoms with Crippen molar-refractivity contribution >= 4 is 0 Å². The van der Waals surface area contributed by atoms with Gasteiger partial charge in [-0.25, -0.2) is 0 Å². The molecule has 0 aromatic rings. The van der Waals surface area contributed by atoms with Crippen molar-refractivity contribution in [3.63, 3.8) is 0 Å². The van der Waals surface area contributed by atoms with Crippen LogP contribution in [0.3, 0.4) is 0 Å². The summed E-state index contributed by atoms with van der Waals surface area (Å²) in [6, 6.07) is 0. The second-order valence-electron chi connectivity index (χ2n) is 14.2. The minimum Gasteiger partial charge on any atom is -0.381 e. The van der Waals surface area contributed by atoms with E-state index in [1.165, 1.54) is 135 Å². The Labute approximate surface area is 301 Å². The fourth-order valence-electron chi connectivity index (χ4n) is 5.83. The van der Waals surface area contributed by atoms with Gasteiger partial charge < -0.3 is 19.1 Å². The molecule has 0 aromatic heterocycles. The van der Waals surface area contributed by atoms with Gasteiger partial charge in [0, 0.05) is 13.2 Å². The van der Waals surface area contributed by atoms with Gasteiger partial charge in [0.25, 0.3) is 0 Å². The van der Waals surface area contributed by atoms with Crippen molar-refractivity contribution in [3.8, 4) is 0 Å². The van der Waals surface area contributed by atoms with Crippen LogP contribution in [-0.4, -0.2) is 57.8 Å². The van der Waals surface area contributed by atoms with E-state index in [-0.39, 0.29) is 0 Å². The number of allylic oxidation sites excluding steroid dienone is 8. The fraction of sp³-hybridized carbons (Fsp3) is 0.818. The van der Waals surface area contributed by atoms with Gasteiger partial charge in [-0.2, -0.15) is 0 Å². The molecule has 0 rings (SSSR count). The molecule has 0 aliphatic carbocycles. The summed E-state index contributed by atoms with van der Waals surface area (Å²) in [5.41, 5.74) is 0. The van der Waals surface area contributed by atoms with Crippen LogP contribution >= 0.6 is 0 Å². The number of likely N-dealkylation sites (N-methyl/N-ethyl adjacent to an activating group) is 1. The first-order valence-corrected chi connectivity index (χ1v) is 20.6. The topological polar surface area (TPSA) is 30.9 Å². The number of rotatable bonds is 38. The lowest BCUT2D eigenvalue weighted by Crippen LogP contribution is -2.43. The van der Waals surface area contributed by atoms with Gasteiger partial charge in [0.2, 0.25) is 0 Å². The Morgan fingerprint density at radius 2 is 0.771 bits per heavy atom. The zero-order valence-corrected chi connectivity index (χ0v) is 33.0. The zero-order valence-electron chi connectivity index (χ0n) is 33.0. The van der Waals surface area contributed by atoms with Crippen LogP contribution in [0.15, 0.2) is 48.6 Å². The SMILES string of the molecule is CCCCC/C=C\C/C=C\CCCCCCCCOCCCOC(C)(CN(C)C)OCCCCCCCC/C=C\C/C=C\CCCCC. The van der Waals surface area contributed by atoms with Gasteiger partial charge in [-0.05, 0) is 104 Å². The summed E-state index contributed by atoms with van der Waals surface area (Å²) >= 11 is 0. The molecule has 0 radical (unpaired) electrons. The average Bonchev–Trinajstić information content (AvgIpc) is 3.06. The Bertz CT molecular complexity index is 743. The standard InChI is InChI=1S/C44H83NO3/c1-6-8-10-12-14-16-18-20-22-24-26-28-30-32-34-36-39-46-40-38-42-48-44(3,43-45(4)5)47-41-37-35-33-31-29-27-25-23-21-19-17-15-13-11-9-7-2/h14-17,20-23H,6-13,18-19,24-43H2,1-5H3/b16-14-,17-15-,22-20-,23-21-. The highest BCUT2D eigenvalue weighted by Gasteiger charge is 2.26. The largest absolute Gasteiger partial charge is 0.381 e. The molecule has 0 N–H and O–H groups in total. The molecule has 0 bridgehead atoms. The lowest BCUT2D eigenvalue weighted by molar-refractivity contribution is -0.233. The smallest absolute Gasteiger partial charge is 0.178 e. The third-order valence-electron chi connectivity index (χ3n) is 8.69. The van der Waals surface area contributed by atoms with Crippen LogP contribution in [0, 0.1) is 0 Å². The molecule has 4 nitrogen and oxygen atoms in total. The first kappa shape index (κ1) is 46.8. The third-order valence-corrected chi connectivity index (χ3v) is 8.69. The minimum atomic E-state index is -0.554. The van der Waals surface area contributed by atoms with Crippen LogP contribution in [0.2, 0.25) is 0 Å². The van der Waals surface area contributed by atoms with Crippen LogP contribution in [0.1, 0.15) is 181 Å². The van der Waals surface area contributed by atoms with Gasteiger partial charge in [0.05, 0.1) is 19.8 Å². The van der Waals surface area contributed by atoms with Gasteiger partial charge in [-0.1, -0.05) is 140 Å². The van der Waals surface area contributed by atoms with E-state index in [2.05, 4.69) is 88.4 Å². The molecule has 0 spiro atoms. The number of hydrogen-bond acceptors (Lipinski definition) is 4. The van der Waals surface area contributed by atoms with Crippen LogP contribution in [0.4, 0.5) is 0 Å². The lowest BCUT2D eigenvalue weighted by Gasteiger charge is -2.32. The Morgan fingerprint density at radius 1 is 0.417 bits per heavy atom. The second kappa shape index (κ2) is 38.6. The molecule has 0 fully saturated rings. The molecule has 0 aromatic carbocycles. The maximum Gasteiger partial charge on any atom is 0.178 e. The van der Waals surface area contributed by atoms with Crippen molar-refractivity contribution < 1.29 is 14.2 Å². The maximum atomic E-state index is 6.28. The van der Waals surface area contributed by atoms with Gasteiger partial charge in [-0.15, -0.1) is 0 Å². The third kappa shape index (κ3) is 37.6. The molecule has 4 heteroatoms. The molecule has 282 valence electrons. The predicted octanol–water partition coefficient (Wildman–Crippen LogP) is 13.3. The zero-order chi connectivity index (χ0) is 35.1. The summed E-state index contributed by atoms with van der Waals surface area (Å²) in [6.45, 7) is 10.5. The summed E-state index contributed by atoms with van der Waals surface area (Å²) in [7, 11) is 4.17. The predicted molar refractivity (Wildman–Crippen MR) is 213 cm³/mol. The van der Waals surface area contributed by atoms with Crippen molar-refractivity contribution in [1.82, 2.24) is 4.90 Å². The second-order valence-corrected chi connectivity index (χ2v) is 14.2. The maximum absolute atomic E-state index is 6.28. The van der Waals surface area contributed by atoms with Gasteiger partial charge >= 0.3 is 0 Å². The van der Waals surface area contributed by atoms with Crippen LogP contribution in [0.5, 0.6) is 0 Å². The van der Waals surface area contributed by atoms with Crippen LogP contribution in [0.25, 0.3) is 0 Å². The fourth-order valence-corrected chi connectivity index (χ4v) is 5.83. The van der Waals surface area contributed by atoms with Crippen molar-refractivity contribution in [3.05, 3.63) is 48.6 Å². The van der Waals surface area contributed by atoms with Crippen molar-refractivity contribution in [2.75, 3.05) is 47.1 Å². The van der Waals surface area contributed by atoms with Crippen molar-refractivity contribution in [2.24, 2.45) is 0 Å². The Kier molecular flexibility index (Phi) is 37.6. The summed E-state index contributed by atoms with van der Waals surface area (Å²) < 4.78 is 18.4. The molecule has 1 atom stereocenters. The van der Waals surface area contributed by atoms with E-state index in [4.69, 9.17) is 14.2 Å². The number of hydrogen-bond donors (Lipinski definition) is 0. The summed E-state index contributed by atoms with van der Waals surface area (Å²) in [5, 5.41) is 0. The quantitative estimate of drug-likeness (QED) is 0.0371. The monoisotopic (exact) mass is 674 g/mol. The van der Waals surface area contributed by atoms with Crippen LogP contribution < -0.4 is 0 Å². The summed E-state index contributed by atoms with van der Waals surface area (Å²) in [6.07, 6.45) is 50.1. The minimum absolute atomic E-state index is 0.554. The summed E-state index contributed by atoms with van der Waals surface area (Å²) in [5.74, 6) is -0.554. The van der Waals surface area contributed by atoms with E-state index in [1.807, 2.05) is 0 Å². The molecule has 0 aliphatic heterocycles. The van der Waals surface area contributed by atoms with E-state index >= 15 is 0 Å². The Hall–Kier alpha value is -1.20. The highest BCUT2D eigenvalue weighted by atomic mass is 16.7. The lowest BCUT2D eigenvalue weighted by atomic mass is 10.1. The molecular weight excluding hydrogens is 590 g/mol. The van der Waals surface area contributed by atoms with E-state index in [0.29, 0.717) is 6.61 Å². The van der Waals surface area contributed by atoms with Gasteiger partial charge in [0.1, 0.15) is 0 Å². The molecule has 0 aliphatic rings. The Balaban J connectivity index is 3.66. The van der Waals surface area contributed by atoms with E-state index in [1.54, 1.807) is 0 Å². The first-order valence-electron chi connectivity index (χ1n) is 20.6. The molecule has 0 saturated heterocycles. The highest BCUT2D eigenvalue weighted by molar-refractivity contribution is 4.93. The van der Waals surface area contributed by atoms with Gasteiger partial charge in [-0.3, -0.25) is 0 Å². The average molecular weight is 674 g/mol. The summed E-state index contributed by atoms with van der Waals surface area (Å²) in [4.78, 5) is 2.15. The normalized spacial score (nSPS) is 13.8.